The summed E-state index contributed by atoms with van der Waals surface area (Å²) in [4.78, 5) is 11.7. The molecule has 1 aromatic heterocycles. The van der Waals surface area contributed by atoms with Gasteiger partial charge in [0.05, 0.1) is 12.2 Å². The van der Waals surface area contributed by atoms with Gasteiger partial charge in [-0.1, -0.05) is 32.9 Å². The van der Waals surface area contributed by atoms with Crippen LogP contribution in [-0.2, 0) is 0 Å². The zero-order chi connectivity index (χ0) is 12.3. The molecule has 0 aliphatic heterocycles. The Labute approximate surface area is 97.0 Å². The molecular formula is C12H21N3O. The van der Waals surface area contributed by atoms with Crippen LogP contribution in [-0.4, -0.2) is 20.8 Å². The number of carbonyl (C=O) groups excluding carboxylic acids is 1. The molecule has 1 heterocycles. The Hall–Kier alpha value is -1.19. The smallest absolute Gasteiger partial charge is 0.184 e. The maximum atomic E-state index is 11.7. The van der Waals surface area contributed by atoms with Crippen molar-refractivity contribution in [1.29, 1.82) is 0 Å². The molecule has 0 bridgehead atoms. The largest absolute Gasteiger partial charge is 0.292 e. The van der Waals surface area contributed by atoms with Crippen LogP contribution in [0.3, 0.4) is 0 Å². The van der Waals surface area contributed by atoms with Crippen molar-refractivity contribution >= 4 is 5.78 Å². The van der Waals surface area contributed by atoms with Gasteiger partial charge in [-0.25, -0.2) is 4.68 Å². The molecule has 0 aliphatic carbocycles. The van der Waals surface area contributed by atoms with Crippen molar-refractivity contribution in [2.24, 2.45) is 11.8 Å². The lowest BCUT2D eigenvalue weighted by Crippen LogP contribution is -2.12. The van der Waals surface area contributed by atoms with Crippen molar-refractivity contribution in [3.63, 3.8) is 0 Å². The molecule has 0 aliphatic rings. The fourth-order valence-electron chi connectivity index (χ4n) is 1.38. The van der Waals surface area contributed by atoms with Crippen molar-refractivity contribution in [2.45, 2.75) is 47.1 Å². The topological polar surface area (TPSA) is 47.8 Å². The Balaban J connectivity index is 2.75. The van der Waals surface area contributed by atoms with Crippen LogP contribution < -0.4 is 0 Å². The zero-order valence-electron chi connectivity index (χ0n) is 10.8. The Morgan fingerprint density at radius 1 is 1.31 bits per heavy atom. The van der Waals surface area contributed by atoms with Gasteiger partial charge < -0.3 is 0 Å². The molecule has 0 aromatic carbocycles. The number of hydrogen-bond acceptors (Lipinski definition) is 3. The van der Waals surface area contributed by atoms with Crippen molar-refractivity contribution in [3.8, 4) is 0 Å². The first-order valence-corrected chi connectivity index (χ1v) is 5.86. The van der Waals surface area contributed by atoms with Gasteiger partial charge in [-0.15, -0.1) is 5.10 Å². The van der Waals surface area contributed by atoms with Crippen molar-refractivity contribution in [1.82, 2.24) is 15.0 Å². The van der Waals surface area contributed by atoms with E-state index >= 15 is 0 Å². The number of carbonyl (C=O) groups is 1. The van der Waals surface area contributed by atoms with E-state index in [0.717, 1.165) is 0 Å². The molecule has 1 aromatic rings. The molecule has 1 atom stereocenters. The highest BCUT2D eigenvalue weighted by Crippen LogP contribution is 2.16. The minimum atomic E-state index is 0.0807. The molecule has 1 rings (SSSR count). The summed E-state index contributed by atoms with van der Waals surface area (Å²) >= 11 is 0. The summed E-state index contributed by atoms with van der Waals surface area (Å²) in [6, 6.07) is 0.271. The molecule has 0 radical (unpaired) electrons. The number of Topliss-reactive ketones (excluding diaryl/α,β-unsaturated/α-hetero) is 1. The molecule has 4 nitrogen and oxygen atoms in total. The van der Waals surface area contributed by atoms with E-state index in [1.54, 1.807) is 10.9 Å². The number of ketones is 1. The van der Waals surface area contributed by atoms with Crippen molar-refractivity contribution in [2.75, 3.05) is 0 Å². The van der Waals surface area contributed by atoms with Gasteiger partial charge in [0.1, 0.15) is 5.69 Å². The van der Waals surface area contributed by atoms with Crippen LogP contribution in [0.2, 0.25) is 0 Å². The Morgan fingerprint density at radius 3 is 2.44 bits per heavy atom. The van der Waals surface area contributed by atoms with E-state index in [9.17, 15) is 4.79 Å². The van der Waals surface area contributed by atoms with Gasteiger partial charge in [-0.05, 0) is 18.8 Å². The molecule has 4 heteroatoms. The first-order valence-electron chi connectivity index (χ1n) is 5.86. The second-order valence-electron chi connectivity index (χ2n) is 5.09. The second kappa shape index (κ2) is 5.23. The third-order valence-corrected chi connectivity index (χ3v) is 2.77. The number of rotatable bonds is 5. The third-order valence-electron chi connectivity index (χ3n) is 2.77. The minimum absolute atomic E-state index is 0.0807. The Bertz CT molecular complexity index is 355. The van der Waals surface area contributed by atoms with Gasteiger partial charge in [-0.2, -0.15) is 0 Å². The lowest BCUT2D eigenvalue weighted by atomic mass is 10.1. The summed E-state index contributed by atoms with van der Waals surface area (Å²) < 4.78 is 1.78. The highest BCUT2D eigenvalue weighted by Gasteiger charge is 2.16. The molecule has 0 spiro atoms. The van der Waals surface area contributed by atoms with E-state index in [1.807, 2.05) is 13.8 Å². The quantitative estimate of drug-likeness (QED) is 0.721. The lowest BCUT2D eigenvalue weighted by Gasteiger charge is -2.14. The van der Waals surface area contributed by atoms with Gasteiger partial charge in [0.2, 0.25) is 0 Å². The molecule has 1 unspecified atom stereocenters. The average Bonchev–Trinajstić information content (AvgIpc) is 2.63. The van der Waals surface area contributed by atoms with E-state index in [4.69, 9.17) is 0 Å². The zero-order valence-corrected chi connectivity index (χ0v) is 10.8. The van der Waals surface area contributed by atoms with E-state index in [2.05, 4.69) is 31.1 Å². The maximum Gasteiger partial charge on any atom is 0.184 e. The van der Waals surface area contributed by atoms with Crippen LogP contribution >= 0.6 is 0 Å². The van der Waals surface area contributed by atoms with E-state index in [0.29, 0.717) is 24.0 Å². The van der Waals surface area contributed by atoms with Crippen LogP contribution in [0, 0.1) is 11.8 Å². The van der Waals surface area contributed by atoms with E-state index in [-0.39, 0.29) is 11.8 Å². The fraction of sp³-hybridized carbons (Fsp3) is 0.750. The third kappa shape index (κ3) is 3.15. The maximum absolute atomic E-state index is 11.7. The predicted molar refractivity (Wildman–Crippen MR) is 63.4 cm³/mol. The van der Waals surface area contributed by atoms with Gasteiger partial charge in [0.25, 0.3) is 0 Å². The highest BCUT2D eigenvalue weighted by molar-refractivity contribution is 5.93. The summed E-state index contributed by atoms with van der Waals surface area (Å²) in [6.45, 7) is 10.4. The standard InChI is InChI=1S/C12H21N3O/c1-8(2)6-12(16)11-7-15(14-13-11)10(5)9(3)4/h7-10H,6H2,1-5H3. The number of hydrogen-bond donors (Lipinski definition) is 0. The molecule has 90 valence electrons. The second-order valence-corrected chi connectivity index (χ2v) is 5.09. The SMILES string of the molecule is CC(C)CC(=O)c1cn(C(C)C(C)C)nn1. The monoisotopic (exact) mass is 223 g/mol. The average molecular weight is 223 g/mol. The highest BCUT2D eigenvalue weighted by atomic mass is 16.1. The molecule has 0 amide bonds. The van der Waals surface area contributed by atoms with Gasteiger partial charge in [0, 0.05) is 6.42 Å². The van der Waals surface area contributed by atoms with Crippen LogP contribution in [0.15, 0.2) is 6.20 Å². The van der Waals surface area contributed by atoms with Gasteiger partial charge >= 0.3 is 0 Å². The van der Waals surface area contributed by atoms with Crippen LogP contribution in [0.5, 0.6) is 0 Å². The Morgan fingerprint density at radius 2 is 1.94 bits per heavy atom. The van der Waals surface area contributed by atoms with Gasteiger partial charge in [0.15, 0.2) is 5.78 Å². The number of nitrogens with zero attached hydrogens (tertiary/aromatic N) is 3. The molecular weight excluding hydrogens is 202 g/mol. The molecule has 0 saturated carbocycles. The number of aromatic nitrogens is 3. The first kappa shape index (κ1) is 12.9. The normalized spacial score (nSPS) is 13.4. The molecule has 0 saturated heterocycles. The van der Waals surface area contributed by atoms with Crippen molar-refractivity contribution in [3.05, 3.63) is 11.9 Å². The summed E-state index contributed by atoms with van der Waals surface area (Å²) in [5.41, 5.74) is 0.487. The van der Waals surface area contributed by atoms with E-state index < -0.39 is 0 Å². The summed E-state index contributed by atoms with van der Waals surface area (Å²) in [6.07, 6.45) is 2.30. The van der Waals surface area contributed by atoms with Crippen LogP contribution in [0.4, 0.5) is 0 Å². The fourth-order valence-corrected chi connectivity index (χ4v) is 1.38. The molecule has 0 fully saturated rings. The minimum Gasteiger partial charge on any atom is -0.292 e. The summed E-state index contributed by atoms with van der Waals surface area (Å²) in [7, 11) is 0. The van der Waals surface area contributed by atoms with Gasteiger partial charge in [-0.3, -0.25) is 4.79 Å². The van der Waals surface area contributed by atoms with Crippen LogP contribution in [0.25, 0.3) is 0 Å². The van der Waals surface area contributed by atoms with Crippen molar-refractivity contribution < 1.29 is 4.79 Å². The first-order chi connectivity index (χ1) is 7.41. The predicted octanol–water partition coefficient (Wildman–Crippen LogP) is 2.72. The molecule has 0 N–H and O–H groups in total. The summed E-state index contributed by atoms with van der Waals surface area (Å²) in [5.74, 6) is 0.923. The summed E-state index contributed by atoms with van der Waals surface area (Å²) in [5, 5.41) is 7.95. The van der Waals surface area contributed by atoms with Crippen LogP contribution in [0.1, 0.15) is 57.6 Å². The molecule has 16 heavy (non-hydrogen) atoms. The van der Waals surface area contributed by atoms with E-state index in [1.165, 1.54) is 0 Å². The lowest BCUT2D eigenvalue weighted by molar-refractivity contribution is 0.0963. The Kier molecular flexibility index (Phi) is 4.21.